The van der Waals surface area contributed by atoms with E-state index in [-0.39, 0.29) is 24.8 Å². The van der Waals surface area contributed by atoms with E-state index in [0.29, 0.717) is 13.2 Å². The summed E-state index contributed by atoms with van der Waals surface area (Å²) in [5.41, 5.74) is 1.24. The standard InChI is InChI=1S/C14H22N2O2.2ClH/c1-16(2)7-3-6-15-11-12-4-5-13-14(10-12)18-9-8-17-13;;/h4-5,10,15H,3,6-9,11H2,1-2H3;2*1H. The van der Waals surface area contributed by atoms with Crippen molar-refractivity contribution in [1.29, 1.82) is 0 Å². The number of nitrogens with one attached hydrogen (secondary N) is 1. The van der Waals surface area contributed by atoms with Crippen LogP contribution in [0.25, 0.3) is 0 Å². The molecule has 0 unspecified atom stereocenters. The van der Waals surface area contributed by atoms with Crippen LogP contribution < -0.4 is 14.8 Å². The molecule has 0 saturated heterocycles. The van der Waals surface area contributed by atoms with Gasteiger partial charge in [0.1, 0.15) is 13.2 Å². The molecule has 1 N–H and O–H groups in total. The van der Waals surface area contributed by atoms with Crippen LogP contribution in [0, 0.1) is 0 Å². The molecular formula is C14H24Cl2N2O2. The van der Waals surface area contributed by atoms with E-state index in [9.17, 15) is 0 Å². The van der Waals surface area contributed by atoms with Gasteiger partial charge in [0.05, 0.1) is 0 Å². The van der Waals surface area contributed by atoms with Crippen molar-refractivity contribution in [2.45, 2.75) is 13.0 Å². The number of halogens is 2. The lowest BCUT2D eigenvalue weighted by atomic mass is 10.2. The highest BCUT2D eigenvalue weighted by atomic mass is 35.5. The molecule has 0 aromatic heterocycles. The first kappa shape index (κ1) is 19.3. The molecular weight excluding hydrogens is 299 g/mol. The van der Waals surface area contributed by atoms with Gasteiger partial charge >= 0.3 is 0 Å². The minimum Gasteiger partial charge on any atom is -0.486 e. The number of benzene rings is 1. The maximum Gasteiger partial charge on any atom is 0.161 e. The molecule has 2 rings (SSSR count). The second-order valence-corrected chi connectivity index (χ2v) is 4.81. The molecule has 1 aromatic carbocycles. The topological polar surface area (TPSA) is 33.7 Å². The monoisotopic (exact) mass is 322 g/mol. The van der Waals surface area contributed by atoms with Gasteiger partial charge in [0.2, 0.25) is 0 Å². The number of ether oxygens (including phenoxy) is 2. The fourth-order valence-corrected chi connectivity index (χ4v) is 1.95. The van der Waals surface area contributed by atoms with E-state index < -0.39 is 0 Å². The smallest absolute Gasteiger partial charge is 0.161 e. The number of hydrogen-bond donors (Lipinski definition) is 1. The second kappa shape index (κ2) is 10.1. The van der Waals surface area contributed by atoms with E-state index in [0.717, 1.165) is 37.6 Å². The summed E-state index contributed by atoms with van der Waals surface area (Å²) < 4.78 is 11.1. The molecule has 0 fully saturated rings. The largest absolute Gasteiger partial charge is 0.486 e. The van der Waals surface area contributed by atoms with Gasteiger partial charge in [-0.1, -0.05) is 6.07 Å². The average Bonchev–Trinajstić information content (AvgIpc) is 2.38. The predicted molar refractivity (Wildman–Crippen MR) is 86.8 cm³/mol. The maximum absolute atomic E-state index is 5.56. The van der Waals surface area contributed by atoms with Crippen molar-refractivity contribution in [3.05, 3.63) is 23.8 Å². The number of hydrogen-bond acceptors (Lipinski definition) is 4. The normalized spacial score (nSPS) is 12.6. The number of rotatable bonds is 6. The molecule has 1 aliphatic heterocycles. The van der Waals surface area contributed by atoms with Gasteiger partial charge in [-0.05, 0) is 51.3 Å². The molecule has 0 amide bonds. The van der Waals surface area contributed by atoms with E-state index in [1.807, 2.05) is 6.07 Å². The minimum atomic E-state index is 0. The predicted octanol–water partition coefficient (Wildman–Crippen LogP) is 2.34. The maximum atomic E-state index is 5.56. The zero-order valence-electron chi connectivity index (χ0n) is 12.1. The van der Waals surface area contributed by atoms with Gasteiger partial charge in [0.25, 0.3) is 0 Å². The quantitative estimate of drug-likeness (QED) is 0.815. The van der Waals surface area contributed by atoms with Crippen LogP contribution in [0.3, 0.4) is 0 Å². The van der Waals surface area contributed by atoms with Crippen LogP contribution in [0.5, 0.6) is 11.5 Å². The first-order valence-electron chi connectivity index (χ1n) is 6.49. The Kier molecular flexibility index (Phi) is 9.76. The van der Waals surface area contributed by atoms with Crippen molar-refractivity contribution in [2.75, 3.05) is 40.4 Å². The van der Waals surface area contributed by atoms with Crippen molar-refractivity contribution < 1.29 is 9.47 Å². The summed E-state index contributed by atoms with van der Waals surface area (Å²) in [5, 5.41) is 3.44. The van der Waals surface area contributed by atoms with Crippen LogP contribution >= 0.6 is 24.8 Å². The summed E-state index contributed by atoms with van der Waals surface area (Å²) in [4.78, 5) is 2.20. The summed E-state index contributed by atoms with van der Waals surface area (Å²) in [6.45, 7) is 4.33. The van der Waals surface area contributed by atoms with E-state index >= 15 is 0 Å². The van der Waals surface area contributed by atoms with Crippen LogP contribution in [0.4, 0.5) is 0 Å². The highest BCUT2D eigenvalue weighted by Crippen LogP contribution is 2.30. The Labute approximate surface area is 133 Å². The zero-order chi connectivity index (χ0) is 12.8. The molecule has 1 heterocycles. The third-order valence-corrected chi connectivity index (χ3v) is 2.89. The first-order chi connectivity index (χ1) is 8.75. The van der Waals surface area contributed by atoms with Crippen LogP contribution in [0.2, 0.25) is 0 Å². The van der Waals surface area contributed by atoms with Crippen LogP contribution in [0.15, 0.2) is 18.2 Å². The van der Waals surface area contributed by atoms with E-state index in [2.05, 4.69) is 36.4 Å². The third-order valence-electron chi connectivity index (χ3n) is 2.89. The Morgan fingerprint density at radius 2 is 1.80 bits per heavy atom. The lowest BCUT2D eigenvalue weighted by Crippen LogP contribution is -2.21. The fourth-order valence-electron chi connectivity index (χ4n) is 1.95. The lowest BCUT2D eigenvalue weighted by molar-refractivity contribution is 0.171. The summed E-state index contributed by atoms with van der Waals surface area (Å²) >= 11 is 0. The summed E-state index contributed by atoms with van der Waals surface area (Å²) in [7, 11) is 4.20. The highest BCUT2D eigenvalue weighted by molar-refractivity contribution is 5.85. The van der Waals surface area contributed by atoms with E-state index in [1.54, 1.807) is 0 Å². The summed E-state index contributed by atoms with van der Waals surface area (Å²) in [6, 6.07) is 6.14. The molecule has 0 bridgehead atoms. The van der Waals surface area contributed by atoms with Crippen molar-refractivity contribution in [3.63, 3.8) is 0 Å². The highest BCUT2D eigenvalue weighted by Gasteiger charge is 2.11. The Balaban J connectivity index is 0.00000180. The van der Waals surface area contributed by atoms with Gasteiger partial charge < -0.3 is 19.7 Å². The van der Waals surface area contributed by atoms with Gasteiger partial charge in [-0.15, -0.1) is 24.8 Å². The van der Waals surface area contributed by atoms with Gasteiger partial charge in [0.15, 0.2) is 11.5 Å². The third kappa shape index (κ3) is 6.18. The average molecular weight is 323 g/mol. The van der Waals surface area contributed by atoms with Crippen molar-refractivity contribution in [1.82, 2.24) is 10.2 Å². The first-order valence-corrected chi connectivity index (χ1v) is 6.49. The molecule has 116 valence electrons. The SMILES string of the molecule is CN(C)CCCNCc1ccc2c(c1)OCCO2.Cl.Cl. The van der Waals surface area contributed by atoms with Gasteiger partial charge in [0, 0.05) is 6.54 Å². The minimum absolute atomic E-state index is 0. The Morgan fingerprint density at radius 1 is 1.10 bits per heavy atom. The molecule has 1 aromatic rings. The number of nitrogens with zero attached hydrogens (tertiary/aromatic N) is 1. The number of fused-ring (bicyclic) bond motifs is 1. The molecule has 20 heavy (non-hydrogen) atoms. The van der Waals surface area contributed by atoms with Gasteiger partial charge in [-0.2, -0.15) is 0 Å². The van der Waals surface area contributed by atoms with Crippen LogP contribution in [-0.2, 0) is 6.54 Å². The fraction of sp³-hybridized carbons (Fsp3) is 0.571. The molecule has 0 spiro atoms. The molecule has 0 aliphatic carbocycles. The summed E-state index contributed by atoms with van der Waals surface area (Å²) in [5.74, 6) is 1.73. The Hall–Kier alpha value is -0.680. The molecule has 0 radical (unpaired) electrons. The van der Waals surface area contributed by atoms with Crippen molar-refractivity contribution >= 4 is 24.8 Å². The molecule has 0 atom stereocenters. The van der Waals surface area contributed by atoms with Crippen molar-refractivity contribution in [3.8, 4) is 11.5 Å². The van der Waals surface area contributed by atoms with Gasteiger partial charge in [-0.25, -0.2) is 0 Å². The van der Waals surface area contributed by atoms with Crippen LogP contribution in [-0.4, -0.2) is 45.3 Å². The Morgan fingerprint density at radius 3 is 2.50 bits per heavy atom. The van der Waals surface area contributed by atoms with Crippen molar-refractivity contribution in [2.24, 2.45) is 0 Å². The molecule has 0 saturated carbocycles. The Bertz CT molecular complexity index is 389. The molecule has 4 nitrogen and oxygen atoms in total. The van der Waals surface area contributed by atoms with E-state index in [4.69, 9.17) is 9.47 Å². The molecule has 1 aliphatic rings. The molecule has 6 heteroatoms. The van der Waals surface area contributed by atoms with Crippen LogP contribution in [0.1, 0.15) is 12.0 Å². The zero-order valence-corrected chi connectivity index (χ0v) is 13.7. The second-order valence-electron chi connectivity index (χ2n) is 4.81. The van der Waals surface area contributed by atoms with E-state index in [1.165, 1.54) is 5.56 Å². The summed E-state index contributed by atoms with van der Waals surface area (Å²) in [6.07, 6.45) is 1.16. The lowest BCUT2D eigenvalue weighted by Gasteiger charge is -2.19. The van der Waals surface area contributed by atoms with Gasteiger partial charge in [-0.3, -0.25) is 0 Å².